The number of thioether (sulfide) groups is 1. The Bertz CT molecular complexity index is 535. The van der Waals surface area contributed by atoms with Gasteiger partial charge >= 0.3 is 5.97 Å². The zero-order valence-electron chi connectivity index (χ0n) is 13.2. The first kappa shape index (κ1) is 17.6. The standard InChI is InChI=1S/C16H23NO3S/c1-10-6-7-11(2)12(8-10)21-9-13(18)17-14(15(19)20)16(3,4)5/h6-8,14H,9H2,1-5H3,(H,17,18)(H,19,20). The van der Waals surface area contributed by atoms with E-state index in [1.54, 1.807) is 20.8 Å². The van der Waals surface area contributed by atoms with Crippen LogP contribution in [-0.4, -0.2) is 28.8 Å². The normalized spacial score (nSPS) is 12.8. The van der Waals surface area contributed by atoms with Crippen LogP contribution >= 0.6 is 11.8 Å². The highest BCUT2D eigenvalue weighted by Crippen LogP contribution is 2.24. The zero-order valence-corrected chi connectivity index (χ0v) is 14.0. The summed E-state index contributed by atoms with van der Waals surface area (Å²) in [5.74, 6) is -1.06. The average molecular weight is 309 g/mol. The molecule has 1 aromatic rings. The van der Waals surface area contributed by atoms with E-state index in [0.717, 1.165) is 16.0 Å². The van der Waals surface area contributed by atoms with Crippen molar-refractivity contribution in [2.75, 3.05) is 5.75 Å². The van der Waals surface area contributed by atoms with Crippen LogP contribution in [0, 0.1) is 19.3 Å². The number of benzene rings is 1. The maximum Gasteiger partial charge on any atom is 0.326 e. The largest absolute Gasteiger partial charge is 0.480 e. The zero-order chi connectivity index (χ0) is 16.2. The molecule has 0 spiro atoms. The Labute approximate surface area is 130 Å². The number of hydrogen-bond acceptors (Lipinski definition) is 3. The molecule has 116 valence electrons. The third-order valence-corrected chi connectivity index (χ3v) is 4.28. The molecule has 0 heterocycles. The average Bonchev–Trinajstić information content (AvgIpc) is 2.35. The maximum atomic E-state index is 12.0. The van der Waals surface area contributed by atoms with E-state index < -0.39 is 17.4 Å². The number of hydrogen-bond donors (Lipinski definition) is 2. The number of amides is 1. The molecule has 2 N–H and O–H groups in total. The van der Waals surface area contributed by atoms with Gasteiger partial charge in [0, 0.05) is 4.90 Å². The van der Waals surface area contributed by atoms with Crippen molar-refractivity contribution in [2.24, 2.45) is 5.41 Å². The molecule has 1 amide bonds. The van der Waals surface area contributed by atoms with Gasteiger partial charge in [-0.1, -0.05) is 38.5 Å². The monoisotopic (exact) mass is 309 g/mol. The van der Waals surface area contributed by atoms with Gasteiger partial charge in [-0.15, -0.1) is 11.8 Å². The third-order valence-electron chi connectivity index (χ3n) is 3.12. The first-order chi connectivity index (χ1) is 9.61. The Kier molecular flexibility index (Phi) is 5.84. The lowest BCUT2D eigenvalue weighted by molar-refractivity contribution is -0.144. The summed E-state index contributed by atoms with van der Waals surface area (Å²) in [4.78, 5) is 24.3. The maximum absolute atomic E-state index is 12.0. The second kappa shape index (κ2) is 6.98. The van der Waals surface area contributed by atoms with Crippen molar-refractivity contribution in [3.05, 3.63) is 29.3 Å². The molecule has 0 saturated carbocycles. The van der Waals surface area contributed by atoms with Crippen molar-refractivity contribution < 1.29 is 14.7 Å². The van der Waals surface area contributed by atoms with Gasteiger partial charge in [-0.2, -0.15) is 0 Å². The minimum absolute atomic E-state index is 0.212. The molecule has 0 aliphatic heterocycles. The highest BCUT2D eigenvalue weighted by molar-refractivity contribution is 8.00. The number of rotatable bonds is 5. The summed E-state index contributed by atoms with van der Waals surface area (Å²) in [6, 6.07) is 5.19. The van der Waals surface area contributed by atoms with Crippen LogP contribution in [0.2, 0.25) is 0 Å². The van der Waals surface area contributed by atoms with E-state index >= 15 is 0 Å². The van der Waals surface area contributed by atoms with Crippen molar-refractivity contribution in [1.82, 2.24) is 5.32 Å². The van der Waals surface area contributed by atoms with E-state index in [0.29, 0.717) is 0 Å². The van der Waals surface area contributed by atoms with Crippen molar-refractivity contribution in [2.45, 2.75) is 45.6 Å². The van der Waals surface area contributed by atoms with Crippen molar-refractivity contribution in [1.29, 1.82) is 0 Å². The van der Waals surface area contributed by atoms with Crippen LogP contribution in [0.5, 0.6) is 0 Å². The molecule has 0 fully saturated rings. The third kappa shape index (κ3) is 5.42. The van der Waals surface area contributed by atoms with Crippen LogP contribution < -0.4 is 5.32 Å². The number of carbonyl (C=O) groups is 2. The molecule has 1 atom stereocenters. The number of aryl methyl sites for hydroxylation is 2. The lowest BCUT2D eigenvalue weighted by Gasteiger charge is -2.27. The Morgan fingerprint density at radius 2 is 1.90 bits per heavy atom. The molecule has 0 bridgehead atoms. The molecule has 0 saturated heterocycles. The summed E-state index contributed by atoms with van der Waals surface area (Å²) in [6.45, 7) is 9.39. The lowest BCUT2D eigenvalue weighted by Crippen LogP contribution is -2.49. The Morgan fingerprint density at radius 3 is 2.43 bits per heavy atom. The smallest absolute Gasteiger partial charge is 0.326 e. The lowest BCUT2D eigenvalue weighted by atomic mass is 9.87. The van der Waals surface area contributed by atoms with Crippen LogP contribution in [-0.2, 0) is 9.59 Å². The second-order valence-corrected chi connectivity index (χ2v) is 7.28. The molecule has 1 rings (SSSR count). The molecule has 4 nitrogen and oxygen atoms in total. The highest BCUT2D eigenvalue weighted by atomic mass is 32.2. The fourth-order valence-corrected chi connectivity index (χ4v) is 2.79. The number of aliphatic carboxylic acids is 1. The van der Waals surface area contributed by atoms with Crippen LogP contribution in [0.4, 0.5) is 0 Å². The number of carboxylic acid groups (broad SMARTS) is 1. The molecular weight excluding hydrogens is 286 g/mol. The van der Waals surface area contributed by atoms with Gasteiger partial charge in [0.25, 0.3) is 0 Å². The Morgan fingerprint density at radius 1 is 1.29 bits per heavy atom. The summed E-state index contributed by atoms with van der Waals surface area (Å²) in [6.07, 6.45) is 0. The molecule has 0 aliphatic carbocycles. The molecule has 0 aliphatic rings. The second-order valence-electron chi connectivity index (χ2n) is 6.26. The van der Waals surface area contributed by atoms with Gasteiger partial charge in [-0.05, 0) is 30.9 Å². The number of carboxylic acids is 1. The number of nitrogens with one attached hydrogen (secondary N) is 1. The first-order valence-corrected chi connectivity index (χ1v) is 7.82. The van der Waals surface area contributed by atoms with Crippen molar-refractivity contribution >= 4 is 23.6 Å². The van der Waals surface area contributed by atoms with Gasteiger partial charge in [0.1, 0.15) is 6.04 Å². The minimum Gasteiger partial charge on any atom is -0.480 e. The molecule has 5 heteroatoms. The van der Waals surface area contributed by atoms with Gasteiger partial charge in [0.05, 0.1) is 5.75 Å². The Hall–Kier alpha value is -1.49. The predicted molar refractivity (Wildman–Crippen MR) is 85.7 cm³/mol. The number of carbonyl (C=O) groups excluding carboxylic acids is 1. The fraction of sp³-hybridized carbons (Fsp3) is 0.500. The van der Waals surface area contributed by atoms with Gasteiger partial charge in [-0.25, -0.2) is 4.79 Å². The molecule has 21 heavy (non-hydrogen) atoms. The van der Waals surface area contributed by atoms with Crippen LogP contribution in [0.3, 0.4) is 0 Å². The summed E-state index contributed by atoms with van der Waals surface area (Å²) < 4.78 is 0. The van der Waals surface area contributed by atoms with E-state index in [1.165, 1.54) is 11.8 Å². The molecular formula is C16H23NO3S. The van der Waals surface area contributed by atoms with Crippen LogP contribution in [0.25, 0.3) is 0 Å². The first-order valence-electron chi connectivity index (χ1n) is 6.83. The van der Waals surface area contributed by atoms with Gasteiger partial charge in [-0.3, -0.25) is 4.79 Å². The molecule has 1 aromatic carbocycles. The minimum atomic E-state index is -1.01. The summed E-state index contributed by atoms with van der Waals surface area (Å²) in [7, 11) is 0. The van der Waals surface area contributed by atoms with E-state index in [4.69, 9.17) is 0 Å². The summed E-state index contributed by atoms with van der Waals surface area (Å²) in [5, 5.41) is 11.8. The predicted octanol–water partition coefficient (Wildman–Crippen LogP) is 3.01. The van der Waals surface area contributed by atoms with E-state index in [9.17, 15) is 14.7 Å². The summed E-state index contributed by atoms with van der Waals surface area (Å²) in [5.41, 5.74) is 1.73. The van der Waals surface area contributed by atoms with E-state index in [1.807, 2.05) is 32.0 Å². The highest BCUT2D eigenvalue weighted by Gasteiger charge is 2.32. The van der Waals surface area contributed by atoms with Gasteiger partial charge in [0.15, 0.2) is 0 Å². The SMILES string of the molecule is Cc1ccc(C)c(SCC(=O)NC(C(=O)O)C(C)(C)C)c1. The van der Waals surface area contributed by atoms with E-state index in [-0.39, 0.29) is 11.7 Å². The van der Waals surface area contributed by atoms with Crippen LogP contribution in [0.1, 0.15) is 31.9 Å². The van der Waals surface area contributed by atoms with Crippen molar-refractivity contribution in [3.63, 3.8) is 0 Å². The molecule has 0 aromatic heterocycles. The fourth-order valence-electron chi connectivity index (χ4n) is 1.86. The van der Waals surface area contributed by atoms with Gasteiger partial charge < -0.3 is 10.4 Å². The quantitative estimate of drug-likeness (QED) is 0.821. The summed E-state index contributed by atoms with van der Waals surface area (Å²) >= 11 is 1.43. The molecule has 1 unspecified atom stereocenters. The topological polar surface area (TPSA) is 66.4 Å². The van der Waals surface area contributed by atoms with Gasteiger partial charge in [0.2, 0.25) is 5.91 Å². The van der Waals surface area contributed by atoms with E-state index in [2.05, 4.69) is 5.32 Å². The Balaban J connectivity index is 2.65. The van der Waals surface area contributed by atoms with Crippen LogP contribution in [0.15, 0.2) is 23.1 Å². The van der Waals surface area contributed by atoms with Crippen molar-refractivity contribution in [3.8, 4) is 0 Å². The molecule has 0 radical (unpaired) electrons.